The fourth-order valence-electron chi connectivity index (χ4n) is 2.77. The molecule has 2 rings (SSSR count). The Kier molecular flexibility index (Phi) is 5.06. The second-order valence-electron chi connectivity index (χ2n) is 5.43. The summed E-state index contributed by atoms with van der Waals surface area (Å²) in [7, 11) is -6.39. The fraction of sp³-hybridized carbons (Fsp3) is 1.00. The third-order valence-electron chi connectivity index (χ3n) is 4.06. The van der Waals surface area contributed by atoms with E-state index in [1.54, 1.807) is 0 Å². The first-order chi connectivity index (χ1) is 9.35. The van der Waals surface area contributed by atoms with Gasteiger partial charge in [0.1, 0.15) is 9.84 Å². The van der Waals surface area contributed by atoms with Gasteiger partial charge in [-0.25, -0.2) is 16.8 Å². The van der Waals surface area contributed by atoms with Crippen molar-refractivity contribution in [3.8, 4) is 0 Å². The molecule has 0 aromatic rings. The minimum absolute atomic E-state index is 0.00989. The van der Waals surface area contributed by atoms with Crippen LogP contribution in [0.4, 0.5) is 0 Å². The largest absolute Gasteiger partial charge is 0.329 e. The van der Waals surface area contributed by atoms with Gasteiger partial charge in [0.05, 0.1) is 16.8 Å². The molecule has 0 bridgehead atoms. The van der Waals surface area contributed by atoms with Crippen molar-refractivity contribution in [1.29, 1.82) is 0 Å². The zero-order valence-electron chi connectivity index (χ0n) is 11.6. The maximum absolute atomic E-state index is 12.5. The molecule has 7 nitrogen and oxygen atoms in total. The Morgan fingerprint density at radius 1 is 1.05 bits per heavy atom. The normalized spacial score (nSPS) is 26.6. The molecule has 2 heterocycles. The van der Waals surface area contributed by atoms with Crippen LogP contribution in [0.2, 0.25) is 0 Å². The van der Waals surface area contributed by atoms with Crippen molar-refractivity contribution in [2.24, 2.45) is 5.73 Å². The molecule has 2 aliphatic heterocycles. The van der Waals surface area contributed by atoms with Crippen molar-refractivity contribution < 1.29 is 16.8 Å². The first-order valence-corrected chi connectivity index (χ1v) is 10.3. The van der Waals surface area contributed by atoms with Crippen molar-refractivity contribution in [2.45, 2.75) is 18.1 Å². The predicted molar refractivity (Wildman–Crippen MR) is 77.7 cm³/mol. The van der Waals surface area contributed by atoms with Crippen molar-refractivity contribution in [1.82, 2.24) is 9.21 Å². The highest BCUT2D eigenvalue weighted by molar-refractivity contribution is 7.92. The Balaban J connectivity index is 1.95. The maximum atomic E-state index is 12.5. The molecule has 2 saturated heterocycles. The van der Waals surface area contributed by atoms with E-state index in [2.05, 4.69) is 4.90 Å². The monoisotopic (exact) mass is 325 g/mol. The van der Waals surface area contributed by atoms with Crippen molar-refractivity contribution >= 4 is 19.9 Å². The minimum Gasteiger partial charge on any atom is -0.329 e. The molecule has 0 atom stereocenters. The number of sulfone groups is 1. The second kappa shape index (κ2) is 6.27. The van der Waals surface area contributed by atoms with Crippen molar-refractivity contribution in [3.05, 3.63) is 0 Å². The van der Waals surface area contributed by atoms with Crippen LogP contribution >= 0.6 is 0 Å². The molecule has 0 saturated carbocycles. The number of nitrogens with two attached hydrogens (primary N) is 1. The molecular formula is C11H23N3O4S2. The number of hydrogen-bond donors (Lipinski definition) is 1. The average Bonchev–Trinajstić information content (AvgIpc) is 2.39. The molecule has 0 aromatic carbocycles. The lowest BCUT2D eigenvalue weighted by Crippen LogP contribution is -2.52. The van der Waals surface area contributed by atoms with Gasteiger partial charge >= 0.3 is 0 Å². The summed E-state index contributed by atoms with van der Waals surface area (Å²) in [4.78, 5) is 2.15. The van der Waals surface area contributed by atoms with Gasteiger partial charge in [-0.15, -0.1) is 0 Å². The van der Waals surface area contributed by atoms with Crippen molar-refractivity contribution in [3.63, 3.8) is 0 Å². The molecule has 2 fully saturated rings. The lowest BCUT2D eigenvalue weighted by Gasteiger charge is -2.36. The van der Waals surface area contributed by atoms with Gasteiger partial charge < -0.3 is 5.73 Å². The summed E-state index contributed by atoms with van der Waals surface area (Å²) in [6.07, 6.45) is 0.460. The summed E-state index contributed by atoms with van der Waals surface area (Å²) in [6, 6.07) is 0. The number of sulfonamides is 1. The first kappa shape index (κ1) is 16.2. The molecule has 118 valence electrons. The maximum Gasteiger partial charge on any atom is 0.217 e. The highest BCUT2D eigenvalue weighted by Crippen LogP contribution is 2.23. The van der Waals surface area contributed by atoms with E-state index in [-0.39, 0.29) is 24.3 Å². The van der Waals surface area contributed by atoms with E-state index < -0.39 is 25.1 Å². The van der Waals surface area contributed by atoms with Crippen LogP contribution in [0, 0.1) is 0 Å². The van der Waals surface area contributed by atoms with Gasteiger partial charge in [0, 0.05) is 39.3 Å². The molecule has 0 spiro atoms. The number of hydrogen-bond acceptors (Lipinski definition) is 6. The molecular weight excluding hydrogens is 302 g/mol. The third kappa shape index (κ3) is 3.70. The summed E-state index contributed by atoms with van der Waals surface area (Å²) in [5.41, 5.74) is 5.49. The van der Waals surface area contributed by atoms with E-state index in [0.717, 1.165) is 6.54 Å². The van der Waals surface area contributed by atoms with Crippen LogP contribution in [0.3, 0.4) is 0 Å². The van der Waals surface area contributed by atoms with Gasteiger partial charge in [-0.1, -0.05) is 0 Å². The zero-order valence-corrected chi connectivity index (χ0v) is 13.2. The summed E-state index contributed by atoms with van der Waals surface area (Å²) in [5, 5.41) is -0.535. The quantitative estimate of drug-likeness (QED) is 0.673. The lowest BCUT2D eigenvalue weighted by atomic mass is 10.2. The lowest BCUT2D eigenvalue weighted by molar-refractivity contribution is 0.191. The summed E-state index contributed by atoms with van der Waals surface area (Å²) < 4.78 is 49.3. The standard InChI is InChI=1S/C11H23N3O4S2/c12-3-4-13-5-7-14(8-6-13)20(17,18)11-1-9-19(15,16)10-2-11/h11H,1-10,12H2. The Morgan fingerprint density at radius 2 is 1.60 bits per heavy atom. The van der Waals surface area contributed by atoms with Gasteiger partial charge in [0.15, 0.2) is 0 Å². The van der Waals surface area contributed by atoms with E-state index in [0.29, 0.717) is 32.7 Å². The molecule has 20 heavy (non-hydrogen) atoms. The van der Waals surface area contributed by atoms with Crippen LogP contribution in [0.1, 0.15) is 12.8 Å². The van der Waals surface area contributed by atoms with E-state index in [1.807, 2.05) is 0 Å². The van der Waals surface area contributed by atoms with Crippen LogP contribution in [-0.2, 0) is 19.9 Å². The number of nitrogens with zero attached hydrogens (tertiary/aromatic N) is 2. The van der Waals surface area contributed by atoms with E-state index >= 15 is 0 Å². The molecule has 0 aromatic heterocycles. The summed E-state index contributed by atoms with van der Waals surface area (Å²) in [5.74, 6) is -0.0198. The number of rotatable bonds is 4. The highest BCUT2D eigenvalue weighted by Gasteiger charge is 2.37. The first-order valence-electron chi connectivity index (χ1n) is 6.97. The summed E-state index contributed by atoms with van der Waals surface area (Å²) in [6.45, 7) is 3.71. The SMILES string of the molecule is NCCN1CCN(S(=O)(=O)C2CCS(=O)(=O)CC2)CC1. The zero-order chi connectivity index (χ0) is 14.8. The van der Waals surface area contributed by atoms with Gasteiger partial charge in [-0.3, -0.25) is 4.90 Å². The molecule has 0 amide bonds. The predicted octanol–water partition coefficient (Wildman–Crippen LogP) is -1.53. The Bertz CT molecular complexity index is 510. The Morgan fingerprint density at radius 3 is 2.10 bits per heavy atom. The van der Waals surface area contributed by atoms with Gasteiger partial charge in [0.2, 0.25) is 10.0 Å². The van der Waals surface area contributed by atoms with Crippen molar-refractivity contribution in [2.75, 3.05) is 50.8 Å². The Hall–Kier alpha value is -0.220. The minimum atomic E-state index is -3.36. The van der Waals surface area contributed by atoms with Crippen LogP contribution in [0.15, 0.2) is 0 Å². The summed E-state index contributed by atoms with van der Waals surface area (Å²) >= 11 is 0. The molecule has 0 aliphatic carbocycles. The van der Waals surface area contributed by atoms with Crippen LogP contribution in [0.25, 0.3) is 0 Å². The van der Waals surface area contributed by atoms with E-state index in [1.165, 1.54) is 4.31 Å². The number of piperazine rings is 1. The fourth-order valence-corrected chi connectivity index (χ4v) is 6.48. The topological polar surface area (TPSA) is 101 Å². The van der Waals surface area contributed by atoms with E-state index in [9.17, 15) is 16.8 Å². The van der Waals surface area contributed by atoms with Gasteiger partial charge in [-0.05, 0) is 12.8 Å². The van der Waals surface area contributed by atoms with Gasteiger partial charge in [0.25, 0.3) is 0 Å². The second-order valence-corrected chi connectivity index (χ2v) is 9.94. The molecule has 2 aliphatic rings. The average molecular weight is 325 g/mol. The molecule has 9 heteroatoms. The molecule has 0 radical (unpaired) electrons. The van der Waals surface area contributed by atoms with Crippen LogP contribution in [-0.4, -0.2) is 82.1 Å². The molecule has 2 N–H and O–H groups in total. The highest BCUT2D eigenvalue weighted by atomic mass is 32.2. The van der Waals surface area contributed by atoms with Crippen LogP contribution < -0.4 is 5.73 Å². The van der Waals surface area contributed by atoms with Gasteiger partial charge in [-0.2, -0.15) is 4.31 Å². The Labute approximate surface area is 121 Å². The van der Waals surface area contributed by atoms with E-state index in [4.69, 9.17) is 5.73 Å². The third-order valence-corrected chi connectivity index (χ3v) is 8.17. The smallest absolute Gasteiger partial charge is 0.217 e. The molecule has 0 unspecified atom stereocenters. The van der Waals surface area contributed by atoms with Crippen LogP contribution in [0.5, 0.6) is 0 Å².